The summed E-state index contributed by atoms with van der Waals surface area (Å²) in [6.07, 6.45) is 4.05. The summed E-state index contributed by atoms with van der Waals surface area (Å²) < 4.78 is 12.0. The van der Waals surface area contributed by atoms with Gasteiger partial charge in [0.05, 0.1) is 11.8 Å². The lowest BCUT2D eigenvalue weighted by atomic mass is 9.81. The second-order valence-electron chi connectivity index (χ2n) is 11.1. The highest BCUT2D eigenvalue weighted by Crippen LogP contribution is 2.46. The number of nitrogens with two attached hydrogens (primary N) is 1. The van der Waals surface area contributed by atoms with Crippen molar-refractivity contribution in [3.8, 4) is 22.8 Å². The van der Waals surface area contributed by atoms with Gasteiger partial charge in [-0.3, -0.25) is 14.6 Å². The van der Waals surface area contributed by atoms with Crippen LogP contribution in [0.4, 0.5) is 0 Å². The van der Waals surface area contributed by atoms with Crippen LogP contribution in [0.2, 0.25) is 0 Å². The zero-order valence-electron chi connectivity index (χ0n) is 22.5. The van der Waals surface area contributed by atoms with Crippen LogP contribution in [0.1, 0.15) is 61.1 Å². The van der Waals surface area contributed by atoms with Gasteiger partial charge in [0.1, 0.15) is 40.3 Å². The second-order valence-corrected chi connectivity index (χ2v) is 11.1. The van der Waals surface area contributed by atoms with Crippen molar-refractivity contribution in [1.82, 2.24) is 9.97 Å². The number of amides is 1. The Bertz CT molecular complexity index is 1630. The number of pyridine rings is 2. The summed E-state index contributed by atoms with van der Waals surface area (Å²) in [5.41, 5.74) is 6.71. The summed E-state index contributed by atoms with van der Waals surface area (Å²) in [5.74, 6) is 0.444. The van der Waals surface area contributed by atoms with Crippen LogP contribution in [-0.2, 0) is 15.8 Å². The Hall–Kier alpha value is -4.30. The molecule has 4 aromatic rings. The van der Waals surface area contributed by atoms with Gasteiger partial charge in [-0.05, 0) is 57.4 Å². The number of nitrogens with zero attached hydrogens (tertiary/aromatic N) is 2. The van der Waals surface area contributed by atoms with Crippen LogP contribution >= 0.6 is 0 Å². The van der Waals surface area contributed by atoms with Crippen LogP contribution in [0, 0.1) is 0 Å². The summed E-state index contributed by atoms with van der Waals surface area (Å²) in [6.45, 7) is 3.45. The number of benzene rings is 2. The number of hydrogen-bond donors (Lipinski definition) is 2. The fourth-order valence-corrected chi connectivity index (χ4v) is 5.06. The van der Waals surface area contributed by atoms with Crippen LogP contribution in [0.15, 0.2) is 66.9 Å². The molecule has 1 fully saturated rings. The molecule has 1 amide bonds. The summed E-state index contributed by atoms with van der Waals surface area (Å²) in [4.78, 5) is 35.1. The first-order valence-corrected chi connectivity index (χ1v) is 13.5. The SMILES string of the molecule is C[C@](O)(CCC(=O)c1cc(OC2CC2)c2ncccc2c1)c1cc2c(c(-c3ccccc3)n1)OC[C@]2(C)C(N)=O. The highest BCUT2D eigenvalue weighted by atomic mass is 16.5. The lowest BCUT2D eigenvalue weighted by molar-refractivity contribution is -0.123. The molecule has 3 heterocycles. The van der Waals surface area contributed by atoms with E-state index in [9.17, 15) is 14.7 Å². The van der Waals surface area contributed by atoms with E-state index < -0.39 is 16.9 Å². The molecule has 6 rings (SSSR count). The van der Waals surface area contributed by atoms with E-state index in [0.717, 1.165) is 29.3 Å². The van der Waals surface area contributed by atoms with E-state index in [2.05, 4.69) is 4.98 Å². The minimum absolute atomic E-state index is 0.0741. The highest BCUT2D eigenvalue weighted by Gasteiger charge is 2.45. The van der Waals surface area contributed by atoms with Gasteiger partial charge in [-0.1, -0.05) is 36.4 Å². The Morgan fingerprint density at radius 2 is 1.93 bits per heavy atom. The fraction of sp³-hybridized carbons (Fsp3) is 0.312. The summed E-state index contributed by atoms with van der Waals surface area (Å²) in [6, 6.07) is 18.4. The lowest BCUT2D eigenvalue weighted by Gasteiger charge is -2.26. The Morgan fingerprint density at radius 3 is 2.65 bits per heavy atom. The topological polar surface area (TPSA) is 125 Å². The number of Topliss-reactive ketones (excluding diaryl/α,β-unsaturated/α-hetero) is 1. The molecule has 2 aromatic heterocycles. The Balaban J connectivity index is 1.32. The van der Waals surface area contributed by atoms with Crippen molar-refractivity contribution < 1.29 is 24.2 Å². The van der Waals surface area contributed by atoms with Crippen molar-refractivity contribution in [2.75, 3.05) is 6.61 Å². The zero-order valence-corrected chi connectivity index (χ0v) is 22.5. The Morgan fingerprint density at radius 1 is 1.15 bits per heavy atom. The molecule has 2 aliphatic rings. The lowest BCUT2D eigenvalue weighted by Crippen LogP contribution is -2.40. The number of rotatable bonds is 9. The van der Waals surface area contributed by atoms with Gasteiger partial charge in [-0.15, -0.1) is 0 Å². The number of ether oxygens (including phenoxy) is 2. The average Bonchev–Trinajstić information content (AvgIpc) is 3.71. The first kappa shape index (κ1) is 26.0. The van der Waals surface area contributed by atoms with Crippen molar-refractivity contribution in [3.05, 3.63) is 83.7 Å². The van der Waals surface area contributed by atoms with Gasteiger partial charge in [0.25, 0.3) is 0 Å². The monoisotopic (exact) mass is 537 g/mol. The molecule has 1 aliphatic carbocycles. The quantitative estimate of drug-likeness (QED) is 0.293. The minimum Gasteiger partial charge on any atom is -0.489 e. The summed E-state index contributed by atoms with van der Waals surface area (Å²) >= 11 is 0. The van der Waals surface area contributed by atoms with Crippen LogP contribution < -0.4 is 15.2 Å². The van der Waals surface area contributed by atoms with Crippen molar-refractivity contribution >= 4 is 22.6 Å². The van der Waals surface area contributed by atoms with E-state index in [0.29, 0.717) is 34.0 Å². The van der Waals surface area contributed by atoms with Gasteiger partial charge in [0, 0.05) is 34.7 Å². The van der Waals surface area contributed by atoms with Gasteiger partial charge < -0.3 is 20.3 Å². The standard InChI is InChI=1S/C32H31N3O5/c1-31(30(33)37)18-39-29-23(31)17-26(35-28(29)19-7-4-3-5-8-19)32(2,38)13-12-24(36)21-15-20-9-6-14-34-27(20)25(16-21)40-22-10-11-22/h3-9,14-17,22,38H,10-13,18H2,1-2H3,(H2,33,37)/t31-,32-/m0/s1. The molecule has 0 radical (unpaired) electrons. The van der Waals surface area contributed by atoms with Crippen LogP contribution in [0.25, 0.3) is 22.2 Å². The zero-order chi connectivity index (χ0) is 28.1. The molecule has 0 saturated heterocycles. The van der Waals surface area contributed by atoms with E-state index in [1.807, 2.05) is 48.5 Å². The molecule has 1 saturated carbocycles. The van der Waals surface area contributed by atoms with Crippen molar-refractivity contribution in [2.24, 2.45) is 5.73 Å². The number of fused-ring (bicyclic) bond motifs is 2. The number of aromatic nitrogens is 2. The maximum absolute atomic E-state index is 13.4. The summed E-state index contributed by atoms with van der Waals surface area (Å²) in [7, 11) is 0. The van der Waals surface area contributed by atoms with Crippen LogP contribution in [0.3, 0.4) is 0 Å². The number of primary amides is 1. The number of ketones is 1. The predicted molar refractivity (Wildman–Crippen MR) is 150 cm³/mol. The van der Waals surface area contributed by atoms with Gasteiger partial charge in [0.2, 0.25) is 5.91 Å². The van der Waals surface area contributed by atoms with Gasteiger partial charge >= 0.3 is 0 Å². The molecule has 1 aliphatic heterocycles. The van der Waals surface area contributed by atoms with E-state index in [-0.39, 0.29) is 31.3 Å². The maximum atomic E-state index is 13.4. The number of aliphatic hydroxyl groups is 1. The molecular formula is C32H31N3O5. The molecule has 204 valence electrons. The first-order valence-electron chi connectivity index (χ1n) is 13.5. The van der Waals surface area contributed by atoms with Crippen molar-refractivity contribution in [1.29, 1.82) is 0 Å². The van der Waals surface area contributed by atoms with Crippen molar-refractivity contribution in [2.45, 2.75) is 56.7 Å². The molecule has 0 spiro atoms. The molecule has 40 heavy (non-hydrogen) atoms. The Labute approximate surface area is 232 Å². The van der Waals surface area contributed by atoms with Crippen LogP contribution in [-0.4, -0.2) is 39.5 Å². The normalized spacial score (nSPS) is 19.5. The minimum atomic E-state index is -1.47. The van der Waals surface area contributed by atoms with Crippen LogP contribution in [0.5, 0.6) is 11.5 Å². The third-order valence-electron chi connectivity index (χ3n) is 7.86. The number of carbonyl (C=O) groups excluding carboxylic acids is 2. The van der Waals surface area contributed by atoms with E-state index >= 15 is 0 Å². The smallest absolute Gasteiger partial charge is 0.231 e. The Kier molecular flexibility index (Phi) is 6.30. The van der Waals surface area contributed by atoms with E-state index in [1.165, 1.54) is 0 Å². The molecule has 0 unspecified atom stereocenters. The third kappa shape index (κ3) is 4.69. The molecule has 2 aromatic carbocycles. The number of hydrogen-bond acceptors (Lipinski definition) is 7. The van der Waals surface area contributed by atoms with Gasteiger partial charge in [-0.25, -0.2) is 4.98 Å². The molecule has 0 bridgehead atoms. The second kappa shape index (κ2) is 9.71. The van der Waals surface area contributed by atoms with E-state index in [4.69, 9.17) is 20.2 Å². The largest absolute Gasteiger partial charge is 0.489 e. The first-order chi connectivity index (χ1) is 19.2. The predicted octanol–water partition coefficient (Wildman–Crippen LogP) is 4.84. The third-order valence-corrected chi connectivity index (χ3v) is 7.86. The van der Waals surface area contributed by atoms with Gasteiger partial charge in [-0.2, -0.15) is 0 Å². The molecule has 3 N–H and O–H groups in total. The maximum Gasteiger partial charge on any atom is 0.231 e. The molecule has 8 heteroatoms. The average molecular weight is 538 g/mol. The van der Waals surface area contributed by atoms with Gasteiger partial charge in [0.15, 0.2) is 5.78 Å². The molecule has 2 atom stereocenters. The van der Waals surface area contributed by atoms with Crippen molar-refractivity contribution in [3.63, 3.8) is 0 Å². The number of carbonyl (C=O) groups is 2. The van der Waals surface area contributed by atoms with E-state index in [1.54, 1.807) is 32.2 Å². The summed E-state index contributed by atoms with van der Waals surface area (Å²) in [5, 5.41) is 12.5. The molecule has 8 nitrogen and oxygen atoms in total. The fourth-order valence-electron chi connectivity index (χ4n) is 5.06. The molecular weight excluding hydrogens is 506 g/mol. The highest BCUT2D eigenvalue weighted by molar-refractivity contribution is 6.01.